The molecule has 3 fully saturated rings. The lowest BCUT2D eigenvalue weighted by Crippen LogP contribution is -2.56. The van der Waals surface area contributed by atoms with Crippen LogP contribution in [0.5, 0.6) is 0 Å². The van der Waals surface area contributed by atoms with Gasteiger partial charge in [-0.3, -0.25) is 15.2 Å². The highest BCUT2D eigenvalue weighted by molar-refractivity contribution is 5.81. The van der Waals surface area contributed by atoms with E-state index in [1.807, 2.05) is 19.2 Å². The van der Waals surface area contributed by atoms with Gasteiger partial charge in [0.2, 0.25) is 5.91 Å². The summed E-state index contributed by atoms with van der Waals surface area (Å²) in [6.45, 7) is 4.25. The summed E-state index contributed by atoms with van der Waals surface area (Å²) in [6, 6.07) is 15.8. The number of aromatic nitrogens is 1. The van der Waals surface area contributed by atoms with Gasteiger partial charge in [-0.1, -0.05) is 37.3 Å². The summed E-state index contributed by atoms with van der Waals surface area (Å²) in [5.41, 5.74) is 10.7. The third kappa shape index (κ3) is 3.47. The molecule has 0 spiro atoms. The van der Waals surface area contributed by atoms with Gasteiger partial charge in [-0.15, -0.1) is 0 Å². The fraction of sp³-hybridized carbons (Fsp3) is 0.500. The molecule has 1 amide bonds. The van der Waals surface area contributed by atoms with Crippen molar-refractivity contribution in [3.05, 3.63) is 65.5 Å². The van der Waals surface area contributed by atoms with Gasteiger partial charge < -0.3 is 5.32 Å². The highest BCUT2D eigenvalue weighted by Crippen LogP contribution is 2.45. The largest absolute Gasteiger partial charge is 0.353 e. The molecule has 152 valence electrons. The molecule has 1 aromatic carbocycles. The minimum Gasteiger partial charge on any atom is -0.353 e. The molecule has 3 heterocycles. The standard InChI is InChI=1S/C24H30N4O/c1-14-10-17(8-9-25-14)23-20-12-18-11-19(15(2)16-6-4-3-5-7-16)24(29)26-21(18)13-22(20)27-28-23/h3-10,15,18-23,27-28H,11-13H2,1-2H3,(H,26,29)/t15-,18?,19?,20?,21?,22?,23?/m1/s1. The Balaban J connectivity index is 1.34. The Morgan fingerprint density at radius 3 is 2.66 bits per heavy atom. The number of nitrogens with zero attached hydrogens (tertiary/aromatic N) is 1. The second kappa shape index (κ2) is 7.54. The maximum Gasteiger partial charge on any atom is 0.223 e. The molecule has 5 heteroatoms. The maximum absolute atomic E-state index is 12.9. The van der Waals surface area contributed by atoms with Crippen LogP contribution in [-0.2, 0) is 4.79 Å². The fourth-order valence-corrected chi connectivity index (χ4v) is 5.83. The molecule has 7 atom stereocenters. The molecular formula is C24H30N4O. The number of piperidine rings is 1. The maximum atomic E-state index is 12.9. The van der Waals surface area contributed by atoms with Crippen molar-refractivity contribution in [1.82, 2.24) is 21.2 Å². The van der Waals surface area contributed by atoms with Gasteiger partial charge in [-0.2, -0.15) is 0 Å². The van der Waals surface area contributed by atoms with Crippen LogP contribution in [0.3, 0.4) is 0 Å². The van der Waals surface area contributed by atoms with Crippen molar-refractivity contribution in [3.8, 4) is 0 Å². The Morgan fingerprint density at radius 2 is 1.86 bits per heavy atom. The molecule has 6 unspecified atom stereocenters. The van der Waals surface area contributed by atoms with Gasteiger partial charge in [0.1, 0.15) is 0 Å². The molecule has 5 nitrogen and oxygen atoms in total. The van der Waals surface area contributed by atoms with Crippen LogP contribution in [0.4, 0.5) is 0 Å². The molecule has 1 aromatic heterocycles. The Hall–Kier alpha value is -2.24. The number of hydrazine groups is 1. The molecule has 3 N–H and O–H groups in total. The number of nitrogens with one attached hydrogen (secondary N) is 3. The molecule has 3 aliphatic rings. The van der Waals surface area contributed by atoms with Gasteiger partial charge in [0.05, 0.1) is 6.04 Å². The van der Waals surface area contributed by atoms with E-state index in [-0.39, 0.29) is 23.8 Å². The molecule has 0 radical (unpaired) electrons. The van der Waals surface area contributed by atoms with Gasteiger partial charge in [0, 0.05) is 29.9 Å². The number of benzene rings is 1. The zero-order valence-electron chi connectivity index (χ0n) is 17.1. The van der Waals surface area contributed by atoms with Crippen LogP contribution in [-0.4, -0.2) is 23.0 Å². The predicted octanol–water partition coefficient (Wildman–Crippen LogP) is 3.24. The van der Waals surface area contributed by atoms with Crippen LogP contribution in [0.25, 0.3) is 0 Å². The number of fused-ring (bicyclic) bond motifs is 2. The van der Waals surface area contributed by atoms with Crippen molar-refractivity contribution >= 4 is 5.91 Å². The lowest BCUT2D eigenvalue weighted by molar-refractivity contribution is -0.131. The van der Waals surface area contributed by atoms with Crippen molar-refractivity contribution in [2.75, 3.05) is 0 Å². The number of carbonyl (C=O) groups excluding carboxylic acids is 1. The lowest BCUT2D eigenvalue weighted by Gasteiger charge is -2.45. The smallest absolute Gasteiger partial charge is 0.223 e. The van der Waals surface area contributed by atoms with E-state index in [1.165, 1.54) is 11.1 Å². The average Bonchev–Trinajstić information content (AvgIpc) is 3.14. The van der Waals surface area contributed by atoms with E-state index in [1.54, 1.807) is 0 Å². The van der Waals surface area contributed by atoms with Crippen LogP contribution < -0.4 is 16.2 Å². The Bertz CT molecular complexity index is 885. The summed E-state index contributed by atoms with van der Waals surface area (Å²) in [5.74, 6) is 1.61. The number of hydrogen-bond donors (Lipinski definition) is 3. The van der Waals surface area contributed by atoms with E-state index < -0.39 is 0 Å². The number of carbonyl (C=O) groups is 1. The third-order valence-corrected chi connectivity index (χ3v) is 7.45. The van der Waals surface area contributed by atoms with Crippen molar-refractivity contribution in [2.45, 2.75) is 57.2 Å². The monoisotopic (exact) mass is 390 g/mol. The number of aryl methyl sites for hydroxylation is 1. The predicted molar refractivity (Wildman–Crippen MR) is 113 cm³/mol. The van der Waals surface area contributed by atoms with Gasteiger partial charge in [-0.25, -0.2) is 5.43 Å². The average molecular weight is 391 g/mol. The third-order valence-electron chi connectivity index (χ3n) is 7.45. The summed E-state index contributed by atoms with van der Waals surface area (Å²) < 4.78 is 0. The van der Waals surface area contributed by atoms with Crippen LogP contribution >= 0.6 is 0 Å². The Morgan fingerprint density at radius 1 is 1.03 bits per heavy atom. The number of pyridine rings is 1. The zero-order valence-corrected chi connectivity index (χ0v) is 17.1. The van der Waals surface area contributed by atoms with Gasteiger partial charge in [0.25, 0.3) is 0 Å². The van der Waals surface area contributed by atoms with Gasteiger partial charge in [-0.05, 0) is 67.2 Å². The van der Waals surface area contributed by atoms with Crippen LogP contribution in [0.1, 0.15) is 55.0 Å². The molecule has 1 aliphatic carbocycles. The first-order valence-corrected chi connectivity index (χ1v) is 10.9. The molecule has 29 heavy (non-hydrogen) atoms. The van der Waals surface area contributed by atoms with Crippen molar-refractivity contribution in [2.24, 2.45) is 17.8 Å². The normalized spacial score (nSPS) is 34.8. The van der Waals surface area contributed by atoms with Gasteiger partial charge in [0.15, 0.2) is 0 Å². The Labute approximate surface area is 172 Å². The summed E-state index contributed by atoms with van der Waals surface area (Å²) in [4.78, 5) is 17.3. The van der Waals surface area contributed by atoms with E-state index in [0.29, 0.717) is 23.9 Å². The highest BCUT2D eigenvalue weighted by Gasteiger charge is 2.48. The summed E-state index contributed by atoms with van der Waals surface area (Å²) >= 11 is 0. The second-order valence-electron chi connectivity index (χ2n) is 9.16. The first-order valence-electron chi connectivity index (χ1n) is 10.9. The Kier molecular flexibility index (Phi) is 4.88. The van der Waals surface area contributed by atoms with E-state index in [0.717, 1.165) is 25.0 Å². The first-order chi connectivity index (χ1) is 14.1. The zero-order chi connectivity index (χ0) is 20.0. The van der Waals surface area contributed by atoms with E-state index >= 15 is 0 Å². The highest BCUT2D eigenvalue weighted by atomic mass is 16.2. The summed E-state index contributed by atoms with van der Waals surface area (Å²) in [7, 11) is 0. The SMILES string of the molecule is Cc1cc(C2NNC3CC4NC(=O)C([C@H](C)c5ccccc5)CC4CC32)ccn1. The molecule has 5 rings (SSSR count). The minimum absolute atomic E-state index is 0.0548. The molecule has 2 saturated heterocycles. The number of hydrogen-bond acceptors (Lipinski definition) is 4. The summed E-state index contributed by atoms with van der Waals surface area (Å²) in [5, 5.41) is 3.38. The van der Waals surface area contributed by atoms with E-state index in [4.69, 9.17) is 0 Å². The molecule has 2 aromatic rings. The van der Waals surface area contributed by atoms with Crippen molar-refractivity contribution < 1.29 is 4.79 Å². The van der Waals surface area contributed by atoms with E-state index in [2.05, 4.69) is 64.5 Å². The topological polar surface area (TPSA) is 66.0 Å². The van der Waals surface area contributed by atoms with Crippen LogP contribution in [0.2, 0.25) is 0 Å². The molecular weight excluding hydrogens is 360 g/mol. The quantitative estimate of drug-likeness (QED) is 0.753. The summed E-state index contributed by atoms with van der Waals surface area (Å²) in [6.07, 6.45) is 5.03. The van der Waals surface area contributed by atoms with Gasteiger partial charge >= 0.3 is 0 Å². The minimum atomic E-state index is 0.0548. The lowest BCUT2D eigenvalue weighted by atomic mass is 9.66. The van der Waals surface area contributed by atoms with Crippen molar-refractivity contribution in [3.63, 3.8) is 0 Å². The van der Waals surface area contributed by atoms with Crippen LogP contribution in [0.15, 0.2) is 48.7 Å². The van der Waals surface area contributed by atoms with E-state index in [9.17, 15) is 4.79 Å². The molecule has 1 saturated carbocycles. The second-order valence-corrected chi connectivity index (χ2v) is 9.16. The van der Waals surface area contributed by atoms with Crippen molar-refractivity contribution in [1.29, 1.82) is 0 Å². The number of amides is 1. The molecule has 0 bridgehead atoms. The van der Waals surface area contributed by atoms with Crippen LogP contribution in [0, 0.1) is 24.7 Å². The fourth-order valence-electron chi connectivity index (χ4n) is 5.83. The number of rotatable bonds is 3. The first kappa shape index (κ1) is 18.8. The molecule has 2 aliphatic heterocycles.